The van der Waals surface area contributed by atoms with Crippen molar-refractivity contribution < 1.29 is 4.79 Å². The van der Waals surface area contributed by atoms with Crippen LogP contribution in [0.3, 0.4) is 0 Å². The average molecular weight is 358 g/mol. The van der Waals surface area contributed by atoms with E-state index < -0.39 is 0 Å². The Hall–Kier alpha value is -2.12. The number of hydrogen-bond acceptors (Lipinski definition) is 5. The summed E-state index contributed by atoms with van der Waals surface area (Å²) >= 11 is 3.06. The highest BCUT2D eigenvalue weighted by Crippen LogP contribution is 2.23. The number of aromatic nitrogens is 2. The van der Waals surface area contributed by atoms with Gasteiger partial charge in [-0.05, 0) is 38.1 Å². The standard InChI is InChI=1S/C17H18N4OS2/c1-3-21-15-7-5-4-6-14(15)19-17(21)23-11-16(22)20-18-10-13-9-8-12(2)24-13/h4-10H,3,11H2,1-2H3,(H,20,22)/b18-10-. The van der Waals surface area contributed by atoms with Gasteiger partial charge in [0.15, 0.2) is 5.16 Å². The van der Waals surface area contributed by atoms with E-state index >= 15 is 0 Å². The SMILES string of the molecule is CCn1c(SCC(=O)N/N=C\c2ccc(C)s2)nc2ccccc21. The minimum absolute atomic E-state index is 0.140. The van der Waals surface area contributed by atoms with Gasteiger partial charge in [-0.3, -0.25) is 4.79 Å². The van der Waals surface area contributed by atoms with Gasteiger partial charge in [-0.1, -0.05) is 23.9 Å². The molecule has 0 spiro atoms. The number of carbonyl (C=O) groups excluding carboxylic acids is 1. The van der Waals surface area contributed by atoms with Crippen molar-refractivity contribution in [2.45, 2.75) is 25.5 Å². The Bertz CT molecular complexity index is 882. The number of nitrogens with one attached hydrogen (secondary N) is 1. The van der Waals surface area contributed by atoms with Gasteiger partial charge in [-0.15, -0.1) is 11.3 Å². The van der Waals surface area contributed by atoms with Gasteiger partial charge in [0, 0.05) is 16.3 Å². The first kappa shape index (κ1) is 16.7. The fraction of sp³-hybridized carbons (Fsp3) is 0.235. The van der Waals surface area contributed by atoms with Crippen LogP contribution in [0.5, 0.6) is 0 Å². The molecule has 0 atom stereocenters. The highest BCUT2D eigenvalue weighted by Gasteiger charge is 2.11. The Balaban J connectivity index is 1.59. The number of thiophene rings is 1. The number of aryl methyl sites for hydroxylation is 2. The predicted octanol–water partition coefficient (Wildman–Crippen LogP) is 3.67. The van der Waals surface area contributed by atoms with Crippen molar-refractivity contribution in [3.8, 4) is 0 Å². The summed E-state index contributed by atoms with van der Waals surface area (Å²) in [5.74, 6) is 0.142. The molecule has 0 aliphatic heterocycles. The molecule has 0 bridgehead atoms. The number of para-hydroxylation sites is 2. The van der Waals surface area contributed by atoms with E-state index in [0.29, 0.717) is 0 Å². The third-order valence-electron chi connectivity index (χ3n) is 3.41. The van der Waals surface area contributed by atoms with Crippen molar-refractivity contribution in [3.05, 3.63) is 46.2 Å². The van der Waals surface area contributed by atoms with Gasteiger partial charge in [0.2, 0.25) is 0 Å². The molecule has 0 aliphatic rings. The van der Waals surface area contributed by atoms with E-state index in [2.05, 4.69) is 27.0 Å². The molecule has 124 valence electrons. The zero-order valence-electron chi connectivity index (χ0n) is 13.5. The number of fused-ring (bicyclic) bond motifs is 1. The second-order valence-electron chi connectivity index (χ2n) is 5.16. The van der Waals surface area contributed by atoms with E-state index in [1.165, 1.54) is 16.6 Å². The topological polar surface area (TPSA) is 59.3 Å². The number of hydrogen-bond donors (Lipinski definition) is 1. The van der Waals surface area contributed by atoms with E-state index in [4.69, 9.17) is 0 Å². The van der Waals surface area contributed by atoms with Crippen LogP contribution in [0.25, 0.3) is 11.0 Å². The van der Waals surface area contributed by atoms with Crippen LogP contribution in [0.4, 0.5) is 0 Å². The van der Waals surface area contributed by atoms with E-state index in [1.54, 1.807) is 17.6 Å². The predicted molar refractivity (Wildman–Crippen MR) is 101 cm³/mol. The molecule has 1 aromatic carbocycles. The van der Waals surface area contributed by atoms with Crippen molar-refractivity contribution in [3.63, 3.8) is 0 Å². The zero-order valence-corrected chi connectivity index (χ0v) is 15.2. The van der Waals surface area contributed by atoms with Crippen LogP contribution in [0.2, 0.25) is 0 Å². The number of nitrogens with zero attached hydrogens (tertiary/aromatic N) is 3. The third kappa shape index (κ3) is 3.85. The summed E-state index contributed by atoms with van der Waals surface area (Å²) in [4.78, 5) is 18.8. The Morgan fingerprint density at radius 2 is 2.21 bits per heavy atom. The Morgan fingerprint density at radius 1 is 1.38 bits per heavy atom. The maximum absolute atomic E-state index is 11.9. The van der Waals surface area contributed by atoms with Crippen LogP contribution >= 0.6 is 23.1 Å². The molecule has 0 saturated heterocycles. The highest BCUT2D eigenvalue weighted by molar-refractivity contribution is 7.99. The highest BCUT2D eigenvalue weighted by atomic mass is 32.2. The number of hydrazone groups is 1. The summed E-state index contributed by atoms with van der Waals surface area (Å²) in [5.41, 5.74) is 4.61. The number of rotatable bonds is 6. The largest absolute Gasteiger partial charge is 0.319 e. The molecule has 2 heterocycles. The molecule has 0 fully saturated rings. The number of benzene rings is 1. The molecule has 5 nitrogen and oxygen atoms in total. The lowest BCUT2D eigenvalue weighted by atomic mass is 10.3. The molecular formula is C17H18N4OS2. The fourth-order valence-corrected chi connectivity index (χ4v) is 3.94. The zero-order chi connectivity index (χ0) is 16.9. The summed E-state index contributed by atoms with van der Waals surface area (Å²) in [6.07, 6.45) is 1.67. The quantitative estimate of drug-likeness (QED) is 0.415. The number of amides is 1. The van der Waals surface area contributed by atoms with E-state index in [-0.39, 0.29) is 11.7 Å². The Kier molecular flexibility index (Phi) is 5.32. The number of carbonyl (C=O) groups is 1. The Morgan fingerprint density at radius 3 is 2.96 bits per heavy atom. The molecule has 3 rings (SSSR count). The smallest absolute Gasteiger partial charge is 0.250 e. The normalized spacial score (nSPS) is 11.4. The molecule has 1 amide bonds. The summed E-state index contributed by atoms with van der Waals surface area (Å²) in [5, 5.41) is 4.85. The first-order chi connectivity index (χ1) is 11.7. The molecule has 2 aromatic heterocycles. The van der Waals surface area contributed by atoms with E-state index in [0.717, 1.165) is 27.6 Å². The van der Waals surface area contributed by atoms with E-state index in [9.17, 15) is 4.79 Å². The second-order valence-corrected chi connectivity index (χ2v) is 7.42. The molecule has 0 aliphatic carbocycles. The van der Waals surface area contributed by atoms with Crippen molar-refractivity contribution in [1.29, 1.82) is 0 Å². The van der Waals surface area contributed by atoms with Gasteiger partial charge >= 0.3 is 0 Å². The number of imidazole rings is 1. The van der Waals surface area contributed by atoms with Gasteiger partial charge in [0.05, 0.1) is 23.0 Å². The fourth-order valence-electron chi connectivity index (χ4n) is 2.32. The summed E-state index contributed by atoms with van der Waals surface area (Å²) in [6.45, 7) is 4.93. The average Bonchev–Trinajstić information content (AvgIpc) is 3.15. The molecule has 0 radical (unpaired) electrons. The molecule has 0 unspecified atom stereocenters. The second kappa shape index (κ2) is 7.63. The van der Waals surface area contributed by atoms with Crippen LogP contribution in [0, 0.1) is 6.92 Å². The minimum atomic E-state index is -0.140. The van der Waals surface area contributed by atoms with Crippen molar-refractivity contribution >= 4 is 46.3 Å². The Labute approximate surface area is 148 Å². The van der Waals surface area contributed by atoms with Gasteiger partial charge < -0.3 is 4.57 Å². The van der Waals surface area contributed by atoms with Crippen LogP contribution < -0.4 is 5.43 Å². The maximum Gasteiger partial charge on any atom is 0.250 e. The molecular weight excluding hydrogens is 340 g/mol. The maximum atomic E-state index is 11.9. The summed E-state index contributed by atoms with van der Waals surface area (Å²) in [7, 11) is 0. The first-order valence-electron chi connectivity index (χ1n) is 7.64. The van der Waals surface area contributed by atoms with Crippen molar-refractivity contribution in [2.24, 2.45) is 5.10 Å². The van der Waals surface area contributed by atoms with Gasteiger partial charge in [0.25, 0.3) is 5.91 Å². The lowest BCUT2D eigenvalue weighted by Crippen LogP contribution is -2.19. The molecule has 7 heteroatoms. The lowest BCUT2D eigenvalue weighted by Gasteiger charge is -2.04. The molecule has 24 heavy (non-hydrogen) atoms. The first-order valence-corrected chi connectivity index (χ1v) is 9.44. The summed E-state index contributed by atoms with van der Waals surface area (Å²) < 4.78 is 2.12. The van der Waals surface area contributed by atoms with Crippen molar-refractivity contribution in [1.82, 2.24) is 15.0 Å². The van der Waals surface area contributed by atoms with Crippen molar-refractivity contribution in [2.75, 3.05) is 5.75 Å². The van der Waals surface area contributed by atoms with Crippen LogP contribution in [0.15, 0.2) is 46.7 Å². The van der Waals surface area contributed by atoms with Gasteiger partial charge in [0.1, 0.15) is 0 Å². The van der Waals surface area contributed by atoms with Crippen LogP contribution in [-0.2, 0) is 11.3 Å². The lowest BCUT2D eigenvalue weighted by molar-refractivity contribution is -0.118. The molecule has 0 saturated carbocycles. The van der Waals surface area contributed by atoms with E-state index in [1.807, 2.05) is 43.3 Å². The monoisotopic (exact) mass is 358 g/mol. The molecule has 3 aromatic rings. The van der Waals surface area contributed by atoms with Gasteiger partial charge in [-0.2, -0.15) is 5.10 Å². The van der Waals surface area contributed by atoms with Crippen LogP contribution in [0.1, 0.15) is 16.7 Å². The minimum Gasteiger partial charge on any atom is -0.319 e. The summed E-state index contributed by atoms with van der Waals surface area (Å²) in [6, 6.07) is 12.0. The van der Waals surface area contributed by atoms with Gasteiger partial charge in [-0.25, -0.2) is 10.4 Å². The number of thioether (sulfide) groups is 1. The third-order valence-corrected chi connectivity index (χ3v) is 5.32. The van der Waals surface area contributed by atoms with Crippen LogP contribution in [-0.4, -0.2) is 27.4 Å². The molecule has 1 N–H and O–H groups in total.